The van der Waals surface area contributed by atoms with Gasteiger partial charge in [0.15, 0.2) is 6.33 Å². The Balaban J connectivity index is 1.73. The quantitative estimate of drug-likeness (QED) is 0.779. The predicted molar refractivity (Wildman–Crippen MR) is 69.1 cm³/mol. The van der Waals surface area contributed by atoms with Crippen molar-refractivity contribution in [2.45, 2.75) is 18.9 Å². The molecular weight excluding hydrogens is 244 g/mol. The van der Waals surface area contributed by atoms with Crippen LogP contribution in [0.25, 0.3) is 0 Å². The van der Waals surface area contributed by atoms with Gasteiger partial charge in [0.25, 0.3) is 0 Å². The number of carbonyl (C=O) groups excluding carboxylic acids is 1. The van der Waals surface area contributed by atoms with Gasteiger partial charge in [0.2, 0.25) is 11.8 Å². The molecule has 1 aromatic carbocycles. The fraction of sp³-hybridized carbons (Fsp3) is 0.308. The summed E-state index contributed by atoms with van der Waals surface area (Å²) < 4.78 is 4.83. The van der Waals surface area contributed by atoms with Crippen LogP contribution in [0.1, 0.15) is 11.5 Å². The maximum atomic E-state index is 11.8. The Morgan fingerprint density at radius 3 is 2.84 bits per heavy atom. The summed E-state index contributed by atoms with van der Waals surface area (Å²) in [5.41, 5.74) is 6.89. The van der Waals surface area contributed by atoms with Gasteiger partial charge in [0.1, 0.15) is 0 Å². The zero-order valence-corrected chi connectivity index (χ0v) is 10.5. The number of nitrogens with zero attached hydrogens (tertiary/aromatic N) is 2. The molecule has 6 nitrogen and oxygen atoms in total. The lowest BCUT2D eigenvalue weighted by molar-refractivity contribution is -0.122. The lowest BCUT2D eigenvalue weighted by Gasteiger charge is -2.11. The fourth-order valence-corrected chi connectivity index (χ4v) is 1.69. The Labute approximate surface area is 111 Å². The van der Waals surface area contributed by atoms with Gasteiger partial charge in [-0.15, -0.1) is 0 Å². The molecule has 0 spiro atoms. The van der Waals surface area contributed by atoms with Gasteiger partial charge in [-0.05, 0) is 12.0 Å². The molecular formula is C13H16N4O2. The summed E-state index contributed by atoms with van der Waals surface area (Å²) in [6, 6.07) is 9.13. The second-order valence-electron chi connectivity index (χ2n) is 4.17. The largest absolute Gasteiger partial charge is 0.354 e. The first kappa shape index (κ1) is 13.2. The average molecular weight is 260 g/mol. The molecule has 1 aromatic heterocycles. The van der Waals surface area contributed by atoms with Crippen molar-refractivity contribution < 1.29 is 9.32 Å². The monoisotopic (exact) mass is 260 g/mol. The summed E-state index contributed by atoms with van der Waals surface area (Å²) in [4.78, 5) is 15.6. The number of hydrogen-bond acceptors (Lipinski definition) is 5. The number of amides is 1. The summed E-state index contributed by atoms with van der Waals surface area (Å²) in [5, 5.41) is 6.24. The van der Waals surface area contributed by atoms with Crippen LogP contribution >= 0.6 is 0 Å². The maximum absolute atomic E-state index is 11.8. The van der Waals surface area contributed by atoms with E-state index in [1.807, 2.05) is 30.3 Å². The van der Waals surface area contributed by atoms with E-state index in [1.54, 1.807) is 0 Å². The van der Waals surface area contributed by atoms with Crippen LogP contribution in [0.2, 0.25) is 0 Å². The van der Waals surface area contributed by atoms with E-state index in [-0.39, 0.29) is 5.91 Å². The predicted octanol–water partition coefficient (Wildman–Crippen LogP) is 0.298. The van der Waals surface area contributed by atoms with Crippen LogP contribution in [-0.2, 0) is 17.6 Å². The van der Waals surface area contributed by atoms with E-state index in [2.05, 4.69) is 15.5 Å². The molecule has 0 saturated heterocycles. The Morgan fingerprint density at radius 2 is 2.16 bits per heavy atom. The molecule has 6 heteroatoms. The molecule has 0 aliphatic rings. The third-order valence-electron chi connectivity index (χ3n) is 2.68. The number of carbonyl (C=O) groups is 1. The molecule has 19 heavy (non-hydrogen) atoms. The van der Waals surface area contributed by atoms with Crippen LogP contribution in [0.15, 0.2) is 41.2 Å². The van der Waals surface area contributed by atoms with Crippen molar-refractivity contribution in [3.8, 4) is 0 Å². The van der Waals surface area contributed by atoms with Gasteiger partial charge in [0, 0.05) is 13.0 Å². The topological polar surface area (TPSA) is 94.0 Å². The smallest absolute Gasteiger partial charge is 0.237 e. The summed E-state index contributed by atoms with van der Waals surface area (Å²) in [5.74, 6) is 0.320. The Kier molecular flexibility index (Phi) is 4.63. The highest BCUT2D eigenvalue weighted by atomic mass is 16.5. The molecule has 0 fully saturated rings. The standard InChI is InChI=1S/C13H16N4O2/c14-11(8-10-4-2-1-3-5-10)13(18)15-7-6-12-16-9-17-19-12/h1-5,9,11H,6-8,14H2,(H,15,18). The Hall–Kier alpha value is -2.21. The van der Waals surface area contributed by atoms with Gasteiger partial charge in [-0.1, -0.05) is 35.5 Å². The van der Waals surface area contributed by atoms with E-state index in [0.29, 0.717) is 25.3 Å². The van der Waals surface area contributed by atoms with Crippen molar-refractivity contribution in [1.82, 2.24) is 15.5 Å². The molecule has 0 saturated carbocycles. The number of aromatic nitrogens is 2. The molecule has 2 rings (SSSR count). The first-order valence-electron chi connectivity index (χ1n) is 6.08. The maximum Gasteiger partial charge on any atom is 0.237 e. The highest BCUT2D eigenvalue weighted by Crippen LogP contribution is 2.01. The Bertz CT molecular complexity index is 499. The lowest BCUT2D eigenvalue weighted by atomic mass is 10.1. The SMILES string of the molecule is NC(Cc1ccccc1)C(=O)NCCc1ncno1. The third-order valence-corrected chi connectivity index (χ3v) is 2.68. The summed E-state index contributed by atoms with van der Waals surface area (Å²) in [7, 11) is 0. The highest BCUT2D eigenvalue weighted by Gasteiger charge is 2.13. The number of nitrogens with one attached hydrogen (secondary N) is 1. The molecule has 1 unspecified atom stereocenters. The van der Waals surface area contributed by atoms with Gasteiger partial charge >= 0.3 is 0 Å². The van der Waals surface area contributed by atoms with E-state index < -0.39 is 6.04 Å². The Morgan fingerprint density at radius 1 is 1.37 bits per heavy atom. The van der Waals surface area contributed by atoms with Crippen LogP contribution in [0, 0.1) is 0 Å². The van der Waals surface area contributed by atoms with Gasteiger partial charge in [0.05, 0.1) is 6.04 Å². The molecule has 1 atom stereocenters. The van der Waals surface area contributed by atoms with Gasteiger partial charge in [-0.25, -0.2) is 0 Å². The van der Waals surface area contributed by atoms with E-state index >= 15 is 0 Å². The lowest BCUT2D eigenvalue weighted by Crippen LogP contribution is -2.42. The van der Waals surface area contributed by atoms with Crippen LogP contribution in [-0.4, -0.2) is 28.6 Å². The van der Waals surface area contributed by atoms with Crippen LogP contribution in [0.5, 0.6) is 0 Å². The molecule has 0 aliphatic carbocycles. The summed E-state index contributed by atoms with van der Waals surface area (Å²) >= 11 is 0. The molecule has 0 bridgehead atoms. The molecule has 3 N–H and O–H groups in total. The molecule has 100 valence electrons. The van der Waals surface area contributed by atoms with E-state index in [9.17, 15) is 4.79 Å². The molecule has 0 radical (unpaired) electrons. The second kappa shape index (κ2) is 6.65. The first-order chi connectivity index (χ1) is 9.25. The first-order valence-corrected chi connectivity index (χ1v) is 6.08. The fourth-order valence-electron chi connectivity index (χ4n) is 1.69. The van der Waals surface area contributed by atoms with Crippen LogP contribution in [0.4, 0.5) is 0 Å². The minimum atomic E-state index is -0.551. The van der Waals surface area contributed by atoms with Crippen molar-refractivity contribution in [3.63, 3.8) is 0 Å². The number of hydrogen-bond donors (Lipinski definition) is 2. The zero-order chi connectivity index (χ0) is 13.5. The van der Waals surface area contributed by atoms with E-state index in [1.165, 1.54) is 6.33 Å². The minimum absolute atomic E-state index is 0.177. The van der Waals surface area contributed by atoms with Gasteiger partial charge in [-0.2, -0.15) is 4.98 Å². The summed E-state index contributed by atoms with van der Waals surface area (Å²) in [6.07, 6.45) is 2.36. The second-order valence-corrected chi connectivity index (χ2v) is 4.17. The molecule has 2 aromatic rings. The normalized spacial score (nSPS) is 12.1. The minimum Gasteiger partial charge on any atom is -0.354 e. The van der Waals surface area contributed by atoms with Gasteiger partial charge < -0.3 is 15.6 Å². The van der Waals surface area contributed by atoms with Gasteiger partial charge in [-0.3, -0.25) is 4.79 Å². The zero-order valence-electron chi connectivity index (χ0n) is 10.5. The molecule has 0 aliphatic heterocycles. The number of rotatable bonds is 6. The van der Waals surface area contributed by atoms with Crippen LogP contribution < -0.4 is 11.1 Å². The average Bonchev–Trinajstić information content (AvgIpc) is 2.93. The van der Waals surface area contributed by atoms with E-state index in [0.717, 1.165) is 5.56 Å². The third kappa shape index (κ3) is 4.18. The van der Waals surface area contributed by atoms with Crippen molar-refractivity contribution in [2.24, 2.45) is 5.73 Å². The van der Waals surface area contributed by atoms with E-state index in [4.69, 9.17) is 10.3 Å². The van der Waals surface area contributed by atoms with Crippen LogP contribution in [0.3, 0.4) is 0 Å². The summed E-state index contributed by atoms with van der Waals surface area (Å²) in [6.45, 7) is 0.434. The van der Waals surface area contributed by atoms with Crippen molar-refractivity contribution in [1.29, 1.82) is 0 Å². The number of benzene rings is 1. The molecule has 1 heterocycles. The number of nitrogens with two attached hydrogens (primary N) is 1. The highest BCUT2D eigenvalue weighted by molar-refractivity contribution is 5.81. The molecule has 1 amide bonds. The van der Waals surface area contributed by atoms with Crippen molar-refractivity contribution >= 4 is 5.91 Å². The van der Waals surface area contributed by atoms with Crippen molar-refractivity contribution in [3.05, 3.63) is 48.1 Å². The van der Waals surface area contributed by atoms with Crippen molar-refractivity contribution in [2.75, 3.05) is 6.54 Å².